The van der Waals surface area contributed by atoms with Crippen LogP contribution in [0.15, 0.2) is 54.6 Å². The third kappa shape index (κ3) is 4.91. The quantitative estimate of drug-likeness (QED) is 0.660. The molecule has 3 rings (SSSR count). The Morgan fingerprint density at radius 1 is 1.08 bits per heavy atom. The first-order chi connectivity index (χ1) is 12.1. The van der Waals surface area contributed by atoms with Crippen LogP contribution in [0.5, 0.6) is 5.75 Å². The molecule has 0 saturated heterocycles. The van der Waals surface area contributed by atoms with Crippen molar-refractivity contribution in [2.24, 2.45) is 0 Å². The Labute approximate surface area is 153 Å². The molecule has 0 radical (unpaired) electrons. The molecule has 2 amide bonds. The predicted octanol–water partition coefficient (Wildman–Crippen LogP) is 4.98. The number of carbonyl (C=O) groups is 1. The van der Waals surface area contributed by atoms with Crippen molar-refractivity contribution >= 4 is 39.8 Å². The molecular weight excluding hydrogens is 360 g/mol. The number of para-hydroxylation sites is 1. The summed E-state index contributed by atoms with van der Waals surface area (Å²) in [5.74, 6) is 0.750. The van der Waals surface area contributed by atoms with Crippen molar-refractivity contribution < 1.29 is 9.53 Å². The van der Waals surface area contributed by atoms with E-state index in [9.17, 15) is 4.79 Å². The Kier molecular flexibility index (Phi) is 5.47. The third-order valence-corrected chi connectivity index (χ3v) is 4.42. The zero-order valence-corrected chi connectivity index (χ0v) is 14.8. The zero-order chi connectivity index (χ0) is 17.6. The van der Waals surface area contributed by atoms with Gasteiger partial charge in [0.05, 0.1) is 0 Å². The van der Waals surface area contributed by atoms with E-state index in [1.165, 1.54) is 11.3 Å². The fraction of sp³-hybridized carbons (Fsp3) is 0.118. The number of nitrogens with zero attached hydrogens (tertiary/aromatic N) is 2. The summed E-state index contributed by atoms with van der Waals surface area (Å²) < 4.78 is 5.79. The number of hydrogen-bond donors (Lipinski definition) is 2. The molecule has 0 aliphatic rings. The molecule has 1 atom stereocenters. The van der Waals surface area contributed by atoms with Gasteiger partial charge in [0.1, 0.15) is 11.9 Å². The molecule has 0 saturated carbocycles. The largest absolute Gasteiger partial charge is 0.483 e. The second-order valence-corrected chi connectivity index (χ2v) is 6.55. The number of aromatic nitrogens is 2. The fourth-order valence-electron chi connectivity index (χ4n) is 2.00. The minimum atomic E-state index is -0.401. The summed E-state index contributed by atoms with van der Waals surface area (Å²) in [7, 11) is 0. The van der Waals surface area contributed by atoms with Gasteiger partial charge < -0.3 is 10.1 Å². The van der Waals surface area contributed by atoms with Crippen LogP contribution in [0.3, 0.4) is 0 Å². The number of nitrogens with one attached hydrogen (secondary N) is 2. The van der Waals surface area contributed by atoms with Gasteiger partial charge in [-0.1, -0.05) is 41.1 Å². The first kappa shape index (κ1) is 17.2. The number of benzene rings is 2. The number of anilines is 2. The Morgan fingerprint density at radius 3 is 2.52 bits per heavy atom. The van der Waals surface area contributed by atoms with Gasteiger partial charge in [-0.15, -0.1) is 10.2 Å². The number of rotatable bonds is 5. The molecule has 0 bridgehead atoms. The summed E-state index contributed by atoms with van der Waals surface area (Å²) in [6.07, 6.45) is -0.269. The first-order valence-electron chi connectivity index (χ1n) is 7.49. The van der Waals surface area contributed by atoms with Crippen LogP contribution >= 0.6 is 22.9 Å². The third-order valence-electron chi connectivity index (χ3n) is 3.17. The number of amides is 2. The summed E-state index contributed by atoms with van der Waals surface area (Å²) in [6, 6.07) is 15.9. The summed E-state index contributed by atoms with van der Waals surface area (Å²) in [4.78, 5) is 12.0. The van der Waals surface area contributed by atoms with Gasteiger partial charge in [0.25, 0.3) is 0 Å². The smallest absolute Gasteiger partial charge is 0.325 e. The lowest BCUT2D eigenvalue weighted by molar-refractivity contribution is 0.225. The molecule has 2 N–H and O–H groups in total. The van der Waals surface area contributed by atoms with E-state index in [0.717, 1.165) is 5.75 Å². The van der Waals surface area contributed by atoms with Gasteiger partial charge in [-0.3, -0.25) is 5.32 Å². The maximum atomic E-state index is 12.0. The van der Waals surface area contributed by atoms with E-state index >= 15 is 0 Å². The molecule has 128 valence electrons. The number of halogens is 1. The molecule has 8 heteroatoms. The van der Waals surface area contributed by atoms with Crippen LogP contribution in [0.1, 0.15) is 18.0 Å². The van der Waals surface area contributed by atoms with Gasteiger partial charge in [0, 0.05) is 10.7 Å². The van der Waals surface area contributed by atoms with Crippen LogP contribution in [-0.2, 0) is 0 Å². The van der Waals surface area contributed by atoms with Gasteiger partial charge >= 0.3 is 6.03 Å². The van der Waals surface area contributed by atoms with Crippen LogP contribution in [0.25, 0.3) is 0 Å². The molecule has 0 aliphatic carbocycles. The molecule has 1 aromatic heterocycles. The fourth-order valence-corrected chi connectivity index (χ4v) is 2.84. The minimum absolute atomic E-state index is 0.269. The lowest BCUT2D eigenvalue weighted by Gasteiger charge is -2.11. The van der Waals surface area contributed by atoms with Crippen molar-refractivity contribution in [3.05, 3.63) is 64.6 Å². The summed E-state index contributed by atoms with van der Waals surface area (Å²) in [6.45, 7) is 1.88. The molecule has 1 unspecified atom stereocenters. The predicted molar refractivity (Wildman–Crippen MR) is 99.5 cm³/mol. The van der Waals surface area contributed by atoms with Gasteiger partial charge in [-0.2, -0.15) is 0 Å². The summed E-state index contributed by atoms with van der Waals surface area (Å²) in [5, 5.41) is 15.1. The van der Waals surface area contributed by atoms with E-state index in [0.29, 0.717) is 20.8 Å². The highest BCUT2D eigenvalue weighted by Crippen LogP contribution is 2.26. The normalized spacial score (nSPS) is 11.6. The van der Waals surface area contributed by atoms with Crippen molar-refractivity contribution in [1.29, 1.82) is 0 Å². The SMILES string of the molecule is CC(Oc1ccccc1)c1nnc(NC(=O)Nc2ccc(Cl)cc2)s1. The Morgan fingerprint density at radius 2 is 1.80 bits per heavy atom. The lowest BCUT2D eigenvalue weighted by Crippen LogP contribution is -2.19. The molecule has 25 heavy (non-hydrogen) atoms. The van der Waals surface area contributed by atoms with E-state index in [1.807, 2.05) is 37.3 Å². The van der Waals surface area contributed by atoms with Crippen LogP contribution in [0.4, 0.5) is 15.6 Å². The number of ether oxygens (including phenoxy) is 1. The second-order valence-electron chi connectivity index (χ2n) is 5.10. The average molecular weight is 375 g/mol. The highest BCUT2D eigenvalue weighted by atomic mass is 35.5. The maximum absolute atomic E-state index is 12.0. The van der Waals surface area contributed by atoms with Crippen LogP contribution in [0, 0.1) is 0 Å². The molecule has 2 aromatic carbocycles. The highest BCUT2D eigenvalue weighted by Gasteiger charge is 2.15. The van der Waals surface area contributed by atoms with Crippen LogP contribution < -0.4 is 15.4 Å². The van der Waals surface area contributed by atoms with E-state index in [4.69, 9.17) is 16.3 Å². The van der Waals surface area contributed by atoms with Gasteiger partial charge in [0.2, 0.25) is 5.13 Å². The number of carbonyl (C=O) groups excluding carboxylic acids is 1. The first-order valence-corrected chi connectivity index (χ1v) is 8.68. The molecule has 6 nitrogen and oxygen atoms in total. The number of hydrogen-bond acceptors (Lipinski definition) is 5. The van der Waals surface area contributed by atoms with E-state index in [1.54, 1.807) is 24.3 Å². The Balaban J connectivity index is 1.57. The monoisotopic (exact) mass is 374 g/mol. The van der Waals surface area contributed by atoms with Crippen LogP contribution in [-0.4, -0.2) is 16.2 Å². The van der Waals surface area contributed by atoms with E-state index in [2.05, 4.69) is 20.8 Å². The highest BCUT2D eigenvalue weighted by molar-refractivity contribution is 7.15. The average Bonchev–Trinajstić information content (AvgIpc) is 3.06. The summed E-state index contributed by atoms with van der Waals surface area (Å²) >= 11 is 7.07. The lowest BCUT2D eigenvalue weighted by atomic mass is 10.3. The van der Waals surface area contributed by atoms with Gasteiger partial charge in [0.15, 0.2) is 5.01 Å². The number of urea groups is 1. The van der Waals surface area contributed by atoms with Crippen molar-refractivity contribution in [2.75, 3.05) is 10.6 Å². The van der Waals surface area contributed by atoms with Crippen molar-refractivity contribution in [1.82, 2.24) is 10.2 Å². The molecule has 1 heterocycles. The standard InChI is InChI=1S/C17H15ClN4O2S/c1-11(24-14-5-3-2-4-6-14)15-21-22-17(25-15)20-16(23)19-13-9-7-12(18)8-10-13/h2-11H,1H3,(H2,19,20,22,23). The van der Waals surface area contributed by atoms with E-state index < -0.39 is 6.03 Å². The van der Waals surface area contributed by atoms with Crippen molar-refractivity contribution in [2.45, 2.75) is 13.0 Å². The minimum Gasteiger partial charge on any atom is -0.483 e. The second kappa shape index (κ2) is 7.96. The molecule has 0 aliphatic heterocycles. The van der Waals surface area contributed by atoms with Crippen LogP contribution in [0.2, 0.25) is 5.02 Å². The summed E-state index contributed by atoms with van der Waals surface area (Å²) in [5.41, 5.74) is 0.632. The maximum Gasteiger partial charge on any atom is 0.325 e. The molecule has 3 aromatic rings. The van der Waals surface area contributed by atoms with Gasteiger partial charge in [-0.25, -0.2) is 4.79 Å². The van der Waals surface area contributed by atoms with Gasteiger partial charge in [-0.05, 0) is 43.3 Å². The zero-order valence-electron chi connectivity index (χ0n) is 13.3. The molecule has 0 fully saturated rings. The Bertz CT molecular complexity index is 839. The Hall–Kier alpha value is -2.64. The van der Waals surface area contributed by atoms with Crippen molar-refractivity contribution in [3.8, 4) is 5.75 Å². The molecular formula is C17H15ClN4O2S. The van der Waals surface area contributed by atoms with Crippen molar-refractivity contribution in [3.63, 3.8) is 0 Å². The molecule has 0 spiro atoms. The topological polar surface area (TPSA) is 76.1 Å². The van der Waals surface area contributed by atoms with E-state index in [-0.39, 0.29) is 6.10 Å².